The minimum Gasteiger partial charge on any atom is -0.393 e. The van der Waals surface area contributed by atoms with E-state index in [2.05, 4.69) is 4.90 Å². The average molecular weight is 264 g/mol. The zero-order chi connectivity index (χ0) is 14.0. The van der Waals surface area contributed by atoms with Gasteiger partial charge in [-0.1, -0.05) is 6.07 Å². The molecule has 1 aliphatic rings. The molecule has 2 rings (SSSR count). The van der Waals surface area contributed by atoms with Gasteiger partial charge in [-0.3, -0.25) is 10.1 Å². The molecule has 0 amide bonds. The van der Waals surface area contributed by atoms with Crippen molar-refractivity contribution in [2.45, 2.75) is 32.8 Å². The third-order valence-electron chi connectivity index (χ3n) is 3.97. The van der Waals surface area contributed by atoms with E-state index in [1.807, 2.05) is 13.8 Å². The van der Waals surface area contributed by atoms with Crippen LogP contribution in [0.25, 0.3) is 0 Å². The van der Waals surface area contributed by atoms with Crippen LogP contribution in [0, 0.1) is 23.0 Å². The zero-order valence-electron chi connectivity index (χ0n) is 11.4. The van der Waals surface area contributed by atoms with Gasteiger partial charge >= 0.3 is 0 Å². The second kappa shape index (κ2) is 5.57. The van der Waals surface area contributed by atoms with Crippen molar-refractivity contribution in [3.05, 3.63) is 33.9 Å². The van der Waals surface area contributed by atoms with Gasteiger partial charge in [0.1, 0.15) is 0 Å². The Bertz CT molecular complexity index is 466. The van der Waals surface area contributed by atoms with Crippen LogP contribution in [-0.2, 0) is 0 Å². The average Bonchev–Trinajstić information content (AvgIpc) is 2.39. The highest BCUT2D eigenvalue weighted by molar-refractivity contribution is 5.58. The van der Waals surface area contributed by atoms with Crippen molar-refractivity contribution in [2.24, 2.45) is 5.92 Å². The highest BCUT2D eigenvalue weighted by atomic mass is 16.6. The molecule has 0 radical (unpaired) electrons. The standard InChI is InChI=1S/C14H20N2O3/c1-10-3-4-13(16(18)19)9-14(10)15-7-5-12(6-8-15)11(2)17/h3-4,9,11-12,17H,5-8H2,1-2H3. The third kappa shape index (κ3) is 3.04. The summed E-state index contributed by atoms with van der Waals surface area (Å²) in [6, 6.07) is 4.99. The number of piperidine rings is 1. The summed E-state index contributed by atoms with van der Waals surface area (Å²) in [7, 11) is 0. The van der Waals surface area contributed by atoms with Crippen LogP contribution in [0.3, 0.4) is 0 Å². The van der Waals surface area contributed by atoms with E-state index in [0.717, 1.165) is 37.2 Å². The highest BCUT2D eigenvalue weighted by Gasteiger charge is 2.24. The fraction of sp³-hybridized carbons (Fsp3) is 0.571. The maximum Gasteiger partial charge on any atom is 0.271 e. The lowest BCUT2D eigenvalue weighted by Crippen LogP contribution is -2.37. The zero-order valence-corrected chi connectivity index (χ0v) is 11.4. The van der Waals surface area contributed by atoms with Gasteiger partial charge in [-0.2, -0.15) is 0 Å². The number of nitrogens with zero attached hydrogens (tertiary/aromatic N) is 2. The summed E-state index contributed by atoms with van der Waals surface area (Å²) >= 11 is 0. The van der Waals surface area contributed by atoms with Gasteiger partial charge in [-0.25, -0.2) is 0 Å². The Kier molecular flexibility index (Phi) is 4.04. The molecular weight excluding hydrogens is 244 g/mol. The van der Waals surface area contributed by atoms with Crippen molar-refractivity contribution in [2.75, 3.05) is 18.0 Å². The number of non-ortho nitro benzene ring substituents is 1. The molecule has 0 spiro atoms. The number of rotatable bonds is 3. The van der Waals surface area contributed by atoms with Crippen molar-refractivity contribution < 1.29 is 10.0 Å². The van der Waals surface area contributed by atoms with Crippen LogP contribution >= 0.6 is 0 Å². The quantitative estimate of drug-likeness (QED) is 0.673. The molecule has 1 aliphatic heterocycles. The van der Waals surface area contributed by atoms with Crippen LogP contribution in [-0.4, -0.2) is 29.2 Å². The van der Waals surface area contributed by atoms with Crippen LogP contribution in [0.2, 0.25) is 0 Å². The Balaban J connectivity index is 2.15. The van der Waals surface area contributed by atoms with Crippen LogP contribution in [0.1, 0.15) is 25.3 Å². The van der Waals surface area contributed by atoms with Gasteiger partial charge in [0.15, 0.2) is 0 Å². The Morgan fingerprint density at radius 2 is 2.05 bits per heavy atom. The fourth-order valence-corrected chi connectivity index (χ4v) is 2.67. The molecule has 104 valence electrons. The Morgan fingerprint density at radius 1 is 1.42 bits per heavy atom. The van der Waals surface area contributed by atoms with E-state index < -0.39 is 0 Å². The molecule has 0 aliphatic carbocycles. The lowest BCUT2D eigenvalue weighted by Gasteiger charge is -2.35. The topological polar surface area (TPSA) is 66.6 Å². The van der Waals surface area contributed by atoms with Gasteiger partial charge in [0, 0.05) is 30.9 Å². The van der Waals surface area contributed by atoms with Gasteiger partial charge < -0.3 is 10.0 Å². The first kappa shape index (κ1) is 13.8. The number of nitro benzene ring substituents is 1. The van der Waals surface area contributed by atoms with E-state index in [1.54, 1.807) is 18.2 Å². The van der Waals surface area contributed by atoms with Gasteiger partial charge in [0.2, 0.25) is 0 Å². The second-order valence-electron chi connectivity index (χ2n) is 5.29. The van der Waals surface area contributed by atoms with Gasteiger partial charge in [0.25, 0.3) is 5.69 Å². The van der Waals surface area contributed by atoms with E-state index >= 15 is 0 Å². The smallest absolute Gasteiger partial charge is 0.271 e. The van der Waals surface area contributed by atoms with E-state index in [4.69, 9.17) is 0 Å². The monoisotopic (exact) mass is 264 g/mol. The van der Waals surface area contributed by atoms with Gasteiger partial charge in [-0.05, 0) is 38.2 Å². The fourth-order valence-electron chi connectivity index (χ4n) is 2.67. The molecule has 1 atom stereocenters. The summed E-state index contributed by atoms with van der Waals surface area (Å²) in [6.07, 6.45) is 1.59. The lowest BCUT2D eigenvalue weighted by atomic mass is 9.91. The second-order valence-corrected chi connectivity index (χ2v) is 5.29. The molecule has 1 saturated heterocycles. The molecule has 1 heterocycles. The van der Waals surface area contributed by atoms with Crippen LogP contribution in [0.4, 0.5) is 11.4 Å². The van der Waals surface area contributed by atoms with Crippen molar-refractivity contribution in [3.63, 3.8) is 0 Å². The maximum atomic E-state index is 10.8. The normalized spacial score (nSPS) is 18.4. The largest absolute Gasteiger partial charge is 0.393 e. The van der Waals surface area contributed by atoms with E-state index in [9.17, 15) is 15.2 Å². The molecule has 5 heteroatoms. The third-order valence-corrected chi connectivity index (χ3v) is 3.97. The molecule has 19 heavy (non-hydrogen) atoms. The molecule has 1 N–H and O–H groups in total. The minimum absolute atomic E-state index is 0.137. The van der Waals surface area contributed by atoms with Crippen LogP contribution in [0.15, 0.2) is 18.2 Å². The number of hydrogen-bond acceptors (Lipinski definition) is 4. The lowest BCUT2D eigenvalue weighted by molar-refractivity contribution is -0.384. The molecule has 5 nitrogen and oxygen atoms in total. The van der Waals surface area contributed by atoms with Crippen molar-refractivity contribution in [3.8, 4) is 0 Å². The molecule has 1 unspecified atom stereocenters. The van der Waals surface area contributed by atoms with Crippen molar-refractivity contribution in [1.29, 1.82) is 0 Å². The summed E-state index contributed by atoms with van der Waals surface area (Å²) in [4.78, 5) is 12.7. The molecule has 1 aromatic carbocycles. The highest BCUT2D eigenvalue weighted by Crippen LogP contribution is 2.30. The van der Waals surface area contributed by atoms with Crippen LogP contribution in [0.5, 0.6) is 0 Å². The summed E-state index contributed by atoms with van der Waals surface area (Å²) in [6.45, 7) is 5.49. The Morgan fingerprint density at radius 3 is 2.58 bits per heavy atom. The first-order valence-electron chi connectivity index (χ1n) is 6.67. The van der Waals surface area contributed by atoms with E-state index in [1.165, 1.54) is 0 Å². The molecule has 0 saturated carbocycles. The number of aliphatic hydroxyl groups is 1. The Hall–Kier alpha value is -1.62. The SMILES string of the molecule is Cc1ccc([N+](=O)[O-])cc1N1CCC(C(C)O)CC1. The number of anilines is 1. The number of nitro groups is 1. The minimum atomic E-state index is -0.356. The van der Waals surface area contributed by atoms with E-state index in [0.29, 0.717) is 5.92 Å². The molecule has 0 aromatic heterocycles. The van der Waals surface area contributed by atoms with Gasteiger partial charge in [0.05, 0.1) is 11.0 Å². The molecular formula is C14H20N2O3. The van der Waals surface area contributed by atoms with Crippen molar-refractivity contribution >= 4 is 11.4 Å². The summed E-state index contributed by atoms with van der Waals surface area (Å²) < 4.78 is 0. The summed E-state index contributed by atoms with van der Waals surface area (Å²) in [5.41, 5.74) is 2.14. The number of hydrogen-bond donors (Lipinski definition) is 1. The molecule has 1 fully saturated rings. The summed E-state index contributed by atoms with van der Waals surface area (Å²) in [5, 5.41) is 20.4. The number of benzene rings is 1. The van der Waals surface area contributed by atoms with Crippen LogP contribution < -0.4 is 4.90 Å². The maximum absolute atomic E-state index is 10.8. The van der Waals surface area contributed by atoms with Crippen molar-refractivity contribution in [1.82, 2.24) is 0 Å². The van der Waals surface area contributed by atoms with E-state index in [-0.39, 0.29) is 16.7 Å². The predicted molar refractivity (Wildman–Crippen MR) is 74.5 cm³/mol. The number of aryl methyl sites for hydroxylation is 1. The first-order valence-corrected chi connectivity index (χ1v) is 6.67. The van der Waals surface area contributed by atoms with Gasteiger partial charge in [-0.15, -0.1) is 0 Å². The molecule has 0 bridgehead atoms. The molecule has 1 aromatic rings. The number of aliphatic hydroxyl groups excluding tert-OH is 1. The predicted octanol–water partition coefficient (Wildman–Crippen LogP) is 2.50. The first-order chi connectivity index (χ1) is 8.99. The summed E-state index contributed by atoms with van der Waals surface area (Å²) in [5.74, 6) is 0.343. The Labute approximate surface area is 113 Å².